The molecule has 16 heavy (non-hydrogen) atoms. The van der Waals surface area contributed by atoms with Crippen molar-refractivity contribution >= 4 is 17.3 Å². The van der Waals surface area contributed by atoms with Crippen molar-refractivity contribution in [3.63, 3.8) is 0 Å². The van der Waals surface area contributed by atoms with Gasteiger partial charge >= 0.3 is 0 Å². The zero-order valence-electron chi connectivity index (χ0n) is 8.94. The Hall–Kier alpha value is -1.39. The Balaban J connectivity index is 2.75. The molecule has 0 aliphatic carbocycles. The van der Waals surface area contributed by atoms with Crippen molar-refractivity contribution in [3.05, 3.63) is 51.6 Å². The first kappa shape index (κ1) is 12.7. The molecule has 5 heteroatoms. The average Bonchev–Trinajstić information content (AvgIpc) is 2.26. The van der Waals surface area contributed by atoms with E-state index in [2.05, 4.69) is 11.9 Å². The molecule has 0 radical (unpaired) electrons. The van der Waals surface area contributed by atoms with Crippen molar-refractivity contribution in [2.24, 2.45) is 0 Å². The van der Waals surface area contributed by atoms with E-state index >= 15 is 0 Å². The number of nitrogens with one attached hydrogen (secondary N) is 1. The third-order valence-corrected chi connectivity index (χ3v) is 2.57. The smallest absolute Gasteiger partial charge is 0.270 e. The van der Waals surface area contributed by atoms with Gasteiger partial charge in [-0.1, -0.05) is 17.7 Å². The van der Waals surface area contributed by atoms with E-state index in [4.69, 9.17) is 11.6 Å². The van der Waals surface area contributed by atoms with Gasteiger partial charge in [0.2, 0.25) is 0 Å². The Morgan fingerprint density at radius 1 is 1.69 bits per heavy atom. The molecule has 0 bridgehead atoms. The molecule has 1 aromatic rings. The van der Waals surface area contributed by atoms with Gasteiger partial charge < -0.3 is 5.32 Å². The molecule has 0 fully saturated rings. The molecule has 0 aliphatic rings. The van der Waals surface area contributed by atoms with Crippen molar-refractivity contribution in [3.8, 4) is 0 Å². The van der Waals surface area contributed by atoms with Crippen LogP contribution in [0.1, 0.15) is 12.5 Å². The van der Waals surface area contributed by atoms with Gasteiger partial charge in [-0.3, -0.25) is 10.1 Å². The molecule has 0 amide bonds. The zero-order valence-corrected chi connectivity index (χ0v) is 9.70. The molecular weight excluding hydrogens is 228 g/mol. The minimum absolute atomic E-state index is 0.00511. The lowest BCUT2D eigenvalue weighted by Gasteiger charge is -2.09. The van der Waals surface area contributed by atoms with Crippen LogP contribution in [0.15, 0.2) is 30.9 Å². The van der Waals surface area contributed by atoms with Crippen molar-refractivity contribution < 1.29 is 4.92 Å². The molecule has 0 aromatic heterocycles. The van der Waals surface area contributed by atoms with Crippen LogP contribution in [0.5, 0.6) is 0 Å². The van der Waals surface area contributed by atoms with Gasteiger partial charge in [0.1, 0.15) is 0 Å². The molecule has 1 unspecified atom stereocenters. The van der Waals surface area contributed by atoms with Crippen LogP contribution in [-0.2, 0) is 6.54 Å². The number of hydrogen-bond donors (Lipinski definition) is 1. The zero-order chi connectivity index (χ0) is 12.1. The first-order chi connectivity index (χ1) is 7.54. The van der Waals surface area contributed by atoms with Crippen LogP contribution in [0.25, 0.3) is 0 Å². The number of non-ortho nitro benzene ring substituents is 1. The molecule has 1 rings (SSSR count). The first-order valence-corrected chi connectivity index (χ1v) is 5.21. The van der Waals surface area contributed by atoms with E-state index in [0.717, 1.165) is 5.56 Å². The standard InChI is InChI=1S/C11H13ClN2O2/c1-3-8(2)13-7-9-4-5-10(14(15)16)6-11(9)12/h3-6,8,13H,1,7H2,2H3. The summed E-state index contributed by atoms with van der Waals surface area (Å²) < 4.78 is 0. The summed E-state index contributed by atoms with van der Waals surface area (Å²) in [7, 11) is 0. The monoisotopic (exact) mass is 240 g/mol. The van der Waals surface area contributed by atoms with Crippen molar-refractivity contribution in [1.82, 2.24) is 5.32 Å². The maximum atomic E-state index is 10.5. The Morgan fingerprint density at radius 2 is 2.38 bits per heavy atom. The average molecular weight is 241 g/mol. The first-order valence-electron chi connectivity index (χ1n) is 4.83. The van der Waals surface area contributed by atoms with Gasteiger partial charge in [-0.25, -0.2) is 0 Å². The molecule has 0 saturated carbocycles. The molecule has 0 spiro atoms. The second kappa shape index (κ2) is 5.63. The quantitative estimate of drug-likeness (QED) is 0.489. The Morgan fingerprint density at radius 3 is 2.88 bits per heavy atom. The predicted molar refractivity (Wildman–Crippen MR) is 64.6 cm³/mol. The summed E-state index contributed by atoms with van der Waals surface area (Å²) in [5.41, 5.74) is 0.839. The van der Waals surface area contributed by atoms with Crippen LogP contribution in [-0.4, -0.2) is 11.0 Å². The lowest BCUT2D eigenvalue weighted by molar-refractivity contribution is -0.384. The van der Waals surface area contributed by atoms with Crippen LogP contribution in [0.3, 0.4) is 0 Å². The SMILES string of the molecule is C=CC(C)NCc1ccc([N+](=O)[O-])cc1Cl. The second-order valence-corrected chi connectivity index (χ2v) is 3.85. The van der Waals surface area contributed by atoms with Crippen molar-refractivity contribution in [2.75, 3.05) is 0 Å². The number of hydrogen-bond acceptors (Lipinski definition) is 3. The molecular formula is C11H13ClN2O2. The molecule has 86 valence electrons. The Labute approximate surface area is 99.1 Å². The van der Waals surface area contributed by atoms with Crippen LogP contribution >= 0.6 is 11.6 Å². The summed E-state index contributed by atoms with van der Waals surface area (Å²) in [5.74, 6) is 0. The largest absolute Gasteiger partial charge is 0.307 e. The molecule has 1 atom stereocenters. The highest BCUT2D eigenvalue weighted by atomic mass is 35.5. The van der Waals surface area contributed by atoms with Crippen LogP contribution in [0.2, 0.25) is 5.02 Å². The number of rotatable bonds is 5. The summed E-state index contributed by atoms with van der Waals surface area (Å²) in [6.45, 7) is 6.17. The van der Waals surface area contributed by atoms with Gasteiger partial charge in [0.15, 0.2) is 0 Å². The maximum Gasteiger partial charge on any atom is 0.270 e. The van der Waals surface area contributed by atoms with Crippen molar-refractivity contribution in [2.45, 2.75) is 19.5 Å². The molecule has 0 aliphatic heterocycles. The van der Waals surface area contributed by atoms with Crippen LogP contribution in [0.4, 0.5) is 5.69 Å². The minimum atomic E-state index is -0.463. The molecule has 0 saturated heterocycles. The van der Waals surface area contributed by atoms with E-state index in [1.165, 1.54) is 12.1 Å². The molecule has 4 nitrogen and oxygen atoms in total. The summed E-state index contributed by atoms with van der Waals surface area (Å²) in [6, 6.07) is 4.63. The highest BCUT2D eigenvalue weighted by Crippen LogP contribution is 2.22. The van der Waals surface area contributed by atoms with Gasteiger partial charge in [0, 0.05) is 24.7 Å². The van der Waals surface area contributed by atoms with Gasteiger partial charge in [-0.2, -0.15) is 0 Å². The maximum absolute atomic E-state index is 10.5. The van der Waals surface area contributed by atoms with Gasteiger partial charge in [-0.15, -0.1) is 6.58 Å². The van der Waals surface area contributed by atoms with E-state index in [9.17, 15) is 10.1 Å². The lowest BCUT2D eigenvalue weighted by atomic mass is 10.2. The predicted octanol–water partition coefficient (Wildman–Crippen LogP) is 2.91. The fourth-order valence-corrected chi connectivity index (χ4v) is 1.39. The Bertz CT molecular complexity index is 407. The van der Waals surface area contributed by atoms with Crippen molar-refractivity contribution in [1.29, 1.82) is 0 Å². The van der Waals surface area contributed by atoms with Crippen LogP contribution in [0, 0.1) is 10.1 Å². The molecule has 1 N–H and O–H groups in total. The van der Waals surface area contributed by atoms with Crippen LogP contribution < -0.4 is 5.32 Å². The van der Waals surface area contributed by atoms with E-state index < -0.39 is 4.92 Å². The number of nitro groups is 1. The normalized spacial score (nSPS) is 12.1. The lowest BCUT2D eigenvalue weighted by Crippen LogP contribution is -2.23. The third kappa shape index (κ3) is 3.32. The summed E-state index contributed by atoms with van der Waals surface area (Å²) in [5, 5.41) is 14.1. The highest BCUT2D eigenvalue weighted by molar-refractivity contribution is 6.31. The fourth-order valence-electron chi connectivity index (χ4n) is 1.15. The number of nitrogens with zero attached hydrogens (tertiary/aromatic N) is 1. The van der Waals surface area contributed by atoms with E-state index in [-0.39, 0.29) is 11.7 Å². The molecule has 1 aromatic carbocycles. The summed E-state index contributed by atoms with van der Waals surface area (Å²) in [6.07, 6.45) is 1.78. The number of halogens is 1. The topological polar surface area (TPSA) is 55.2 Å². The fraction of sp³-hybridized carbons (Fsp3) is 0.273. The second-order valence-electron chi connectivity index (χ2n) is 3.44. The third-order valence-electron chi connectivity index (χ3n) is 2.22. The number of nitro benzene ring substituents is 1. The Kier molecular flexibility index (Phi) is 4.46. The van der Waals surface area contributed by atoms with E-state index in [0.29, 0.717) is 11.6 Å². The van der Waals surface area contributed by atoms with E-state index in [1.807, 2.05) is 6.92 Å². The minimum Gasteiger partial charge on any atom is -0.307 e. The van der Waals surface area contributed by atoms with E-state index in [1.54, 1.807) is 12.1 Å². The number of benzene rings is 1. The van der Waals surface area contributed by atoms with Gasteiger partial charge in [0.05, 0.1) is 9.95 Å². The summed E-state index contributed by atoms with van der Waals surface area (Å²) in [4.78, 5) is 10.0. The molecule has 0 heterocycles. The highest BCUT2D eigenvalue weighted by Gasteiger charge is 2.09. The summed E-state index contributed by atoms with van der Waals surface area (Å²) >= 11 is 5.93. The van der Waals surface area contributed by atoms with Gasteiger partial charge in [-0.05, 0) is 18.6 Å². The van der Waals surface area contributed by atoms with Gasteiger partial charge in [0.25, 0.3) is 5.69 Å².